The lowest BCUT2D eigenvalue weighted by molar-refractivity contribution is -0.143. The van der Waals surface area contributed by atoms with Crippen LogP contribution in [0, 0.1) is 0 Å². The van der Waals surface area contributed by atoms with Crippen LogP contribution in [-0.2, 0) is 33.9 Å². The van der Waals surface area contributed by atoms with Gasteiger partial charge < -0.3 is 20.3 Å². The molecule has 1 aliphatic rings. The SMILES string of the molecule is CCCCNC(=O)[C@@H]1Cc2ccccc2CN1C(=O)[C@H](CC)NC(=O)OCc1ccccc1. The van der Waals surface area contributed by atoms with E-state index in [1.807, 2.05) is 61.5 Å². The molecule has 0 bridgehead atoms. The molecule has 7 heteroatoms. The van der Waals surface area contributed by atoms with Gasteiger partial charge in [0, 0.05) is 19.5 Å². The maximum atomic E-state index is 13.5. The number of nitrogens with one attached hydrogen (secondary N) is 2. The fourth-order valence-electron chi connectivity index (χ4n) is 3.94. The molecule has 33 heavy (non-hydrogen) atoms. The largest absolute Gasteiger partial charge is 0.445 e. The van der Waals surface area contributed by atoms with Gasteiger partial charge in [0.1, 0.15) is 18.7 Å². The van der Waals surface area contributed by atoms with E-state index in [0.717, 1.165) is 29.5 Å². The Morgan fingerprint density at radius 2 is 1.73 bits per heavy atom. The molecule has 0 aromatic heterocycles. The Morgan fingerprint density at radius 1 is 1.03 bits per heavy atom. The van der Waals surface area contributed by atoms with Crippen molar-refractivity contribution < 1.29 is 19.1 Å². The molecule has 0 radical (unpaired) electrons. The van der Waals surface area contributed by atoms with Crippen molar-refractivity contribution in [3.05, 3.63) is 71.3 Å². The first-order valence-electron chi connectivity index (χ1n) is 11.7. The fraction of sp³-hybridized carbons (Fsp3) is 0.423. The maximum Gasteiger partial charge on any atom is 0.408 e. The van der Waals surface area contributed by atoms with Gasteiger partial charge in [0.15, 0.2) is 0 Å². The quantitative estimate of drug-likeness (QED) is 0.571. The Bertz CT molecular complexity index is 948. The van der Waals surface area contributed by atoms with Gasteiger partial charge in [-0.15, -0.1) is 0 Å². The van der Waals surface area contributed by atoms with E-state index in [-0.39, 0.29) is 18.4 Å². The third-order valence-electron chi connectivity index (χ3n) is 5.88. The number of benzene rings is 2. The van der Waals surface area contributed by atoms with Crippen molar-refractivity contribution >= 4 is 17.9 Å². The third-order valence-corrected chi connectivity index (χ3v) is 5.88. The highest BCUT2D eigenvalue weighted by Crippen LogP contribution is 2.24. The minimum atomic E-state index is -0.774. The van der Waals surface area contributed by atoms with Gasteiger partial charge in [0.05, 0.1) is 0 Å². The van der Waals surface area contributed by atoms with E-state index in [1.165, 1.54) is 0 Å². The zero-order valence-electron chi connectivity index (χ0n) is 19.4. The molecule has 1 heterocycles. The van der Waals surface area contributed by atoms with Gasteiger partial charge in [-0.2, -0.15) is 0 Å². The van der Waals surface area contributed by atoms with Crippen LogP contribution in [0.15, 0.2) is 54.6 Å². The number of amides is 3. The minimum absolute atomic E-state index is 0.122. The van der Waals surface area contributed by atoms with Gasteiger partial charge in [-0.25, -0.2) is 4.79 Å². The molecule has 0 aliphatic carbocycles. The van der Waals surface area contributed by atoms with Crippen molar-refractivity contribution in [1.82, 2.24) is 15.5 Å². The fourth-order valence-corrected chi connectivity index (χ4v) is 3.94. The average molecular weight is 452 g/mol. The van der Waals surface area contributed by atoms with Crippen LogP contribution in [0.5, 0.6) is 0 Å². The molecule has 2 aromatic rings. The molecule has 7 nitrogen and oxygen atoms in total. The highest BCUT2D eigenvalue weighted by atomic mass is 16.5. The summed E-state index contributed by atoms with van der Waals surface area (Å²) in [5.41, 5.74) is 2.95. The lowest BCUT2D eigenvalue weighted by Gasteiger charge is -2.37. The Kier molecular flexibility index (Phi) is 8.87. The number of hydrogen-bond donors (Lipinski definition) is 2. The Labute approximate surface area is 195 Å². The summed E-state index contributed by atoms with van der Waals surface area (Å²) in [4.78, 5) is 40.4. The third kappa shape index (κ3) is 6.57. The molecule has 2 atom stereocenters. The van der Waals surface area contributed by atoms with Crippen LogP contribution in [0.25, 0.3) is 0 Å². The second-order valence-electron chi connectivity index (χ2n) is 8.27. The molecule has 2 aromatic carbocycles. The zero-order chi connectivity index (χ0) is 23.6. The Hall–Kier alpha value is -3.35. The molecular weight excluding hydrogens is 418 g/mol. The van der Waals surface area contributed by atoms with E-state index in [9.17, 15) is 14.4 Å². The minimum Gasteiger partial charge on any atom is -0.445 e. The van der Waals surface area contributed by atoms with Gasteiger partial charge in [0.2, 0.25) is 11.8 Å². The van der Waals surface area contributed by atoms with Gasteiger partial charge in [-0.05, 0) is 29.5 Å². The highest BCUT2D eigenvalue weighted by molar-refractivity contribution is 5.92. The smallest absolute Gasteiger partial charge is 0.408 e. The second kappa shape index (κ2) is 12.0. The first kappa shape index (κ1) is 24.3. The molecule has 0 unspecified atom stereocenters. The lowest BCUT2D eigenvalue weighted by Crippen LogP contribution is -2.57. The molecule has 0 spiro atoms. The first-order chi connectivity index (χ1) is 16.0. The van der Waals surface area contributed by atoms with Crippen LogP contribution in [0.4, 0.5) is 4.79 Å². The molecule has 3 rings (SSSR count). The molecule has 176 valence electrons. The summed E-state index contributed by atoms with van der Waals surface area (Å²) in [5.74, 6) is -0.438. The molecule has 2 N–H and O–H groups in total. The number of hydrogen-bond acceptors (Lipinski definition) is 4. The van der Waals surface area contributed by atoms with Crippen molar-refractivity contribution in [2.24, 2.45) is 0 Å². The van der Waals surface area contributed by atoms with E-state index in [2.05, 4.69) is 17.6 Å². The molecule has 0 fully saturated rings. The number of unbranched alkanes of at least 4 members (excludes halogenated alkanes) is 1. The summed E-state index contributed by atoms with van der Waals surface area (Å²) in [6.45, 7) is 4.92. The molecule has 1 aliphatic heterocycles. The van der Waals surface area contributed by atoms with Crippen LogP contribution in [0.3, 0.4) is 0 Å². The summed E-state index contributed by atoms with van der Waals surface area (Å²) < 4.78 is 5.29. The van der Waals surface area contributed by atoms with Gasteiger partial charge >= 0.3 is 6.09 Å². The van der Waals surface area contributed by atoms with Gasteiger partial charge in [-0.1, -0.05) is 74.9 Å². The van der Waals surface area contributed by atoms with Crippen LogP contribution in [0.2, 0.25) is 0 Å². The van der Waals surface area contributed by atoms with E-state index >= 15 is 0 Å². The van der Waals surface area contributed by atoms with Gasteiger partial charge in [0.25, 0.3) is 0 Å². The number of alkyl carbamates (subject to hydrolysis) is 1. The number of carbonyl (C=O) groups is 3. The Morgan fingerprint density at radius 3 is 2.42 bits per heavy atom. The van der Waals surface area contributed by atoms with E-state index in [1.54, 1.807) is 4.90 Å². The van der Waals surface area contributed by atoms with Crippen molar-refractivity contribution in [3.63, 3.8) is 0 Å². The molecule has 3 amide bonds. The number of carbonyl (C=O) groups excluding carboxylic acids is 3. The number of ether oxygens (including phenoxy) is 1. The summed E-state index contributed by atoms with van der Waals surface area (Å²) in [7, 11) is 0. The topological polar surface area (TPSA) is 87.7 Å². The van der Waals surface area contributed by atoms with Crippen LogP contribution >= 0.6 is 0 Å². The number of fused-ring (bicyclic) bond motifs is 1. The van der Waals surface area contributed by atoms with E-state index in [4.69, 9.17) is 4.74 Å². The standard InChI is InChI=1S/C26H33N3O4/c1-3-5-15-27-24(30)23-16-20-13-9-10-14-21(20)17-29(23)25(31)22(4-2)28-26(32)33-18-19-11-7-6-8-12-19/h6-14,22-23H,3-5,15-18H2,1-2H3,(H,27,30)(H,28,32)/t22-,23-/m0/s1. The summed E-state index contributed by atoms with van der Waals surface area (Å²) >= 11 is 0. The summed E-state index contributed by atoms with van der Waals surface area (Å²) in [6.07, 6.45) is 2.05. The number of nitrogens with zero attached hydrogens (tertiary/aromatic N) is 1. The molecule has 0 saturated heterocycles. The average Bonchev–Trinajstić information content (AvgIpc) is 2.85. The zero-order valence-corrected chi connectivity index (χ0v) is 19.4. The number of rotatable bonds is 9. The van der Waals surface area contributed by atoms with Crippen molar-refractivity contribution in [2.75, 3.05) is 6.54 Å². The second-order valence-corrected chi connectivity index (χ2v) is 8.27. The first-order valence-corrected chi connectivity index (χ1v) is 11.7. The highest BCUT2D eigenvalue weighted by Gasteiger charge is 2.37. The van der Waals surface area contributed by atoms with Crippen LogP contribution in [0.1, 0.15) is 49.8 Å². The van der Waals surface area contributed by atoms with Crippen molar-refractivity contribution in [2.45, 2.75) is 64.8 Å². The summed E-state index contributed by atoms with van der Waals surface area (Å²) in [6, 6.07) is 15.8. The molecular formula is C26H33N3O4. The van der Waals surface area contributed by atoms with Gasteiger partial charge in [-0.3, -0.25) is 9.59 Å². The van der Waals surface area contributed by atoms with Crippen molar-refractivity contribution in [3.8, 4) is 0 Å². The monoisotopic (exact) mass is 451 g/mol. The van der Waals surface area contributed by atoms with E-state index in [0.29, 0.717) is 25.9 Å². The lowest BCUT2D eigenvalue weighted by atomic mass is 9.92. The predicted molar refractivity (Wildman–Crippen MR) is 126 cm³/mol. The predicted octanol–water partition coefficient (Wildman–Crippen LogP) is 3.56. The van der Waals surface area contributed by atoms with Crippen LogP contribution < -0.4 is 10.6 Å². The van der Waals surface area contributed by atoms with E-state index < -0.39 is 18.2 Å². The Balaban J connectivity index is 1.69. The van der Waals surface area contributed by atoms with Crippen LogP contribution in [-0.4, -0.2) is 41.4 Å². The normalized spacial score (nSPS) is 15.8. The summed E-state index contributed by atoms with van der Waals surface area (Å²) in [5, 5.41) is 5.65. The molecule has 0 saturated carbocycles. The maximum absolute atomic E-state index is 13.5. The van der Waals surface area contributed by atoms with Crippen molar-refractivity contribution in [1.29, 1.82) is 0 Å².